The highest BCUT2D eigenvalue weighted by atomic mass is 35.5. The number of anilines is 1. The fourth-order valence-electron chi connectivity index (χ4n) is 2.57. The van der Waals surface area contributed by atoms with Crippen LogP contribution in [-0.2, 0) is 6.42 Å². The number of nitrogens with two attached hydrogens (primary N) is 1. The Morgan fingerprint density at radius 2 is 2.10 bits per heavy atom. The number of nitrogens with one attached hydrogen (secondary N) is 1. The van der Waals surface area contributed by atoms with Crippen molar-refractivity contribution in [2.45, 2.75) is 12.3 Å². The number of nitrogen functional groups attached to an aromatic ring is 1. The predicted octanol–water partition coefficient (Wildman–Crippen LogP) is 2.99. The van der Waals surface area contributed by atoms with Crippen LogP contribution in [0.5, 0.6) is 0 Å². The number of hydrogen-bond acceptors (Lipinski definition) is 2. The van der Waals surface area contributed by atoms with E-state index >= 15 is 0 Å². The van der Waals surface area contributed by atoms with Crippen LogP contribution in [0.3, 0.4) is 0 Å². The maximum absolute atomic E-state index is 12.1. The van der Waals surface area contributed by atoms with Crippen molar-refractivity contribution in [2.24, 2.45) is 0 Å². The van der Waals surface area contributed by atoms with Crippen LogP contribution in [0.15, 0.2) is 42.5 Å². The second kappa shape index (κ2) is 5.17. The molecule has 2 aromatic rings. The van der Waals surface area contributed by atoms with Crippen molar-refractivity contribution in [3.05, 3.63) is 64.2 Å². The number of carbonyl (C=O) groups is 1. The number of rotatable bonds is 3. The van der Waals surface area contributed by atoms with Gasteiger partial charge in [0.05, 0.1) is 10.6 Å². The van der Waals surface area contributed by atoms with Crippen molar-refractivity contribution in [1.82, 2.24) is 5.32 Å². The standard InChI is InChI=1S/C16H15ClN2O/c17-15-8-12(18)5-6-14(15)16(20)19-9-11-7-10-3-1-2-4-13(10)11/h1-6,8,11H,7,9,18H2,(H,19,20). The third kappa shape index (κ3) is 2.37. The molecule has 0 heterocycles. The Hall–Kier alpha value is -2.00. The van der Waals surface area contributed by atoms with Crippen molar-refractivity contribution >= 4 is 23.2 Å². The van der Waals surface area contributed by atoms with Crippen molar-refractivity contribution in [3.63, 3.8) is 0 Å². The zero-order chi connectivity index (χ0) is 14.1. The SMILES string of the molecule is Nc1ccc(C(=O)NCC2Cc3ccccc32)c(Cl)c1. The van der Waals surface area contributed by atoms with E-state index in [0.717, 1.165) is 6.42 Å². The predicted molar refractivity (Wildman–Crippen MR) is 81.1 cm³/mol. The molecule has 0 saturated heterocycles. The van der Waals surface area contributed by atoms with Gasteiger partial charge in [-0.2, -0.15) is 0 Å². The maximum atomic E-state index is 12.1. The van der Waals surface area contributed by atoms with Crippen LogP contribution in [0.4, 0.5) is 5.69 Å². The first-order chi connectivity index (χ1) is 9.65. The van der Waals surface area contributed by atoms with Gasteiger partial charge in [0.2, 0.25) is 0 Å². The molecule has 0 spiro atoms. The molecule has 0 bridgehead atoms. The molecule has 0 aliphatic heterocycles. The summed E-state index contributed by atoms with van der Waals surface area (Å²) < 4.78 is 0. The van der Waals surface area contributed by atoms with Gasteiger partial charge in [0, 0.05) is 18.2 Å². The lowest BCUT2D eigenvalue weighted by Crippen LogP contribution is -2.33. The van der Waals surface area contributed by atoms with Gasteiger partial charge < -0.3 is 11.1 Å². The van der Waals surface area contributed by atoms with Gasteiger partial charge in [0.1, 0.15) is 0 Å². The second-order valence-corrected chi connectivity index (χ2v) is 5.46. The molecule has 0 saturated carbocycles. The lowest BCUT2D eigenvalue weighted by molar-refractivity contribution is 0.0950. The molecule has 1 aliphatic rings. The van der Waals surface area contributed by atoms with E-state index in [1.54, 1.807) is 18.2 Å². The van der Waals surface area contributed by atoms with E-state index < -0.39 is 0 Å². The van der Waals surface area contributed by atoms with Crippen LogP contribution in [-0.4, -0.2) is 12.5 Å². The third-order valence-electron chi connectivity index (χ3n) is 3.71. The average Bonchev–Trinajstić information content (AvgIpc) is 2.39. The molecule has 20 heavy (non-hydrogen) atoms. The summed E-state index contributed by atoms with van der Waals surface area (Å²) in [4.78, 5) is 12.1. The molecular formula is C16H15ClN2O. The molecule has 4 heteroatoms. The molecular weight excluding hydrogens is 272 g/mol. The van der Waals surface area contributed by atoms with E-state index in [-0.39, 0.29) is 5.91 Å². The van der Waals surface area contributed by atoms with Gasteiger partial charge in [0.25, 0.3) is 5.91 Å². The molecule has 1 unspecified atom stereocenters. The van der Waals surface area contributed by atoms with Crippen molar-refractivity contribution in [2.75, 3.05) is 12.3 Å². The van der Waals surface area contributed by atoms with E-state index in [2.05, 4.69) is 17.4 Å². The Morgan fingerprint density at radius 1 is 1.30 bits per heavy atom. The van der Waals surface area contributed by atoms with Gasteiger partial charge in [-0.1, -0.05) is 35.9 Å². The van der Waals surface area contributed by atoms with E-state index in [9.17, 15) is 4.79 Å². The van der Waals surface area contributed by atoms with Gasteiger partial charge in [0.15, 0.2) is 0 Å². The fraction of sp³-hybridized carbons (Fsp3) is 0.188. The number of amides is 1. The van der Waals surface area contributed by atoms with Crippen LogP contribution in [0, 0.1) is 0 Å². The van der Waals surface area contributed by atoms with E-state index in [1.165, 1.54) is 11.1 Å². The average molecular weight is 287 g/mol. The van der Waals surface area contributed by atoms with Crippen molar-refractivity contribution in [3.8, 4) is 0 Å². The van der Waals surface area contributed by atoms with Gasteiger partial charge in [-0.05, 0) is 35.7 Å². The van der Waals surface area contributed by atoms with Gasteiger partial charge >= 0.3 is 0 Å². The first-order valence-electron chi connectivity index (χ1n) is 6.56. The number of hydrogen-bond donors (Lipinski definition) is 2. The molecule has 3 N–H and O–H groups in total. The maximum Gasteiger partial charge on any atom is 0.252 e. The summed E-state index contributed by atoms with van der Waals surface area (Å²) in [5.41, 5.74) is 9.34. The molecule has 0 fully saturated rings. The summed E-state index contributed by atoms with van der Waals surface area (Å²) in [6.45, 7) is 0.635. The van der Waals surface area contributed by atoms with E-state index in [4.69, 9.17) is 17.3 Å². The largest absolute Gasteiger partial charge is 0.399 e. The lowest BCUT2D eigenvalue weighted by atomic mass is 9.77. The van der Waals surface area contributed by atoms with Gasteiger partial charge in [-0.3, -0.25) is 4.79 Å². The molecule has 1 amide bonds. The minimum Gasteiger partial charge on any atom is -0.399 e. The molecule has 0 radical (unpaired) electrons. The van der Waals surface area contributed by atoms with Crippen molar-refractivity contribution < 1.29 is 4.79 Å². The van der Waals surface area contributed by atoms with Crippen LogP contribution in [0.25, 0.3) is 0 Å². The van der Waals surface area contributed by atoms with Gasteiger partial charge in [-0.25, -0.2) is 0 Å². The highest BCUT2D eigenvalue weighted by Gasteiger charge is 2.25. The number of fused-ring (bicyclic) bond motifs is 1. The van der Waals surface area contributed by atoms with Crippen molar-refractivity contribution in [1.29, 1.82) is 0 Å². The first-order valence-corrected chi connectivity index (χ1v) is 6.94. The lowest BCUT2D eigenvalue weighted by Gasteiger charge is -2.30. The van der Waals surface area contributed by atoms with Crippen LogP contribution < -0.4 is 11.1 Å². The molecule has 1 atom stereocenters. The Morgan fingerprint density at radius 3 is 2.85 bits per heavy atom. The molecule has 2 aromatic carbocycles. The Labute approximate surface area is 122 Å². The summed E-state index contributed by atoms with van der Waals surface area (Å²) in [6.07, 6.45) is 1.02. The number of carbonyl (C=O) groups excluding carboxylic acids is 1. The fourth-order valence-corrected chi connectivity index (χ4v) is 2.85. The van der Waals surface area contributed by atoms with Crippen LogP contribution in [0.2, 0.25) is 5.02 Å². The first kappa shape index (κ1) is 13.0. The van der Waals surface area contributed by atoms with E-state index in [0.29, 0.717) is 28.7 Å². The third-order valence-corrected chi connectivity index (χ3v) is 4.02. The molecule has 1 aliphatic carbocycles. The Bertz CT molecular complexity index is 669. The zero-order valence-corrected chi connectivity index (χ0v) is 11.7. The smallest absolute Gasteiger partial charge is 0.252 e. The summed E-state index contributed by atoms with van der Waals surface area (Å²) in [5, 5.41) is 3.32. The monoisotopic (exact) mass is 286 g/mol. The summed E-state index contributed by atoms with van der Waals surface area (Å²) in [7, 11) is 0. The van der Waals surface area contributed by atoms with Crippen LogP contribution >= 0.6 is 11.6 Å². The molecule has 3 nitrogen and oxygen atoms in total. The second-order valence-electron chi connectivity index (χ2n) is 5.05. The van der Waals surface area contributed by atoms with Crippen LogP contribution in [0.1, 0.15) is 27.4 Å². The van der Waals surface area contributed by atoms with Gasteiger partial charge in [-0.15, -0.1) is 0 Å². The summed E-state index contributed by atoms with van der Waals surface area (Å²) in [6, 6.07) is 13.2. The zero-order valence-electron chi connectivity index (χ0n) is 10.9. The summed E-state index contributed by atoms with van der Waals surface area (Å²) >= 11 is 6.03. The molecule has 0 aromatic heterocycles. The topological polar surface area (TPSA) is 55.1 Å². The minimum atomic E-state index is -0.153. The number of benzene rings is 2. The molecule has 102 valence electrons. The Balaban J connectivity index is 1.64. The summed E-state index contributed by atoms with van der Waals surface area (Å²) in [5.74, 6) is 0.252. The normalized spacial score (nSPS) is 16.1. The molecule has 3 rings (SSSR count). The Kier molecular flexibility index (Phi) is 3.36. The minimum absolute atomic E-state index is 0.153. The van der Waals surface area contributed by atoms with E-state index in [1.807, 2.05) is 12.1 Å². The number of halogens is 1. The highest BCUT2D eigenvalue weighted by molar-refractivity contribution is 6.34. The highest BCUT2D eigenvalue weighted by Crippen LogP contribution is 2.34. The quantitative estimate of drug-likeness (QED) is 0.852.